The smallest absolute Gasteiger partial charge is 0.238 e. The third-order valence-electron chi connectivity index (χ3n) is 4.08. The molecule has 1 unspecified atom stereocenters. The molecule has 2 rings (SSSR count). The zero-order chi connectivity index (χ0) is 15.4. The van der Waals surface area contributed by atoms with Crippen molar-refractivity contribution >= 4 is 23.2 Å². The van der Waals surface area contributed by atoms with E-state index in [0.29, 0.717) is 23.2 Å². The number of nitrogens with zero attached hydrogens (tertiary/aromatic N) is 1. The number of hydrogen-bond donors (Lipinski definition) is 2. The Bertz CT molecular complexity index is 497. The lowest BCUT2D eigenvalue weighted by Crippen LogP contribution is -2.41. The number of aliphatic hydroxyl groups is 1. The molecule has 1 aromatic rings. The van der Waals surface area contributed by atoms with Gasteiger partial charge in [0.05, 0.1) is 23.4 Å². The van der Waals surface area contributed by atoms with Crippen molar-refractivity contribution in [3.63, 3.8) is 0 Å². The van der Waals surface area contributed by atoms with Crippen LogP contribution in [0.25, 0.3) is 0 Å². The molecular weight excluding hydrogens is 288 g/mol. The number of benzene rings is 1. The molecule has 1 saturated heterocycles. The second-order valence-electron chi connectivity index (χ2n) is 5.89. The summed E-state index contributed by atoms with van der Waals surface area (Å²) in [6, 6.07) is 5.59. The number of carbonyl (C=O) groups excluding carboxylic acids is 1. The average molecular weight is 311 g/mol. The van der Waals surface area contributed by atoms with Gasteiger partial charge in [-0.05, 0) is 63.4 Å². The van der Waals surface area contributed by atoms with E-state index in [9.17, 15) is 9.90 Å². The Labute approximate surface area is 131 Å². The zero-order valence-electron chi connectivity index (χ0n) is 12.6. The Morgan fingerprint density at radius 3 is 2.71 bits per heavy atom. The molecule has 1 heterocycles. The fourth-order valence-corrected chi connectivity index (χ4v) is 2.99. The Balaban J connectivity index is 1.83. The van der Waals surface area contributed by atoms with Crippen LogP contribution in [0.5, 0.6) is 0 Å². The van der Waals surface area contributed by atoms with Crippen LogP contribution in [-0.2, 0) is 4.79 Å². The van der Waals surface area contributed by atoms with Gasteiger partial charge in [-0.3, -0.25) is 9.69 Å². The Morgan fingerprint density at radius 2 is 2.14 bits per heavy atom. The van der Waals surface area contributed by atoms with E-state index in [1.807, 2.05) is 32.0 Å². The molecule has 0 spiro atoms. The van der Waals surface area contributed by atoms with E-state index in [1.54, 1.807) is 0 Å². The SMILES string of the molecule is Cc1ccc(NC(=O)CN2CCC(C(C)O)CC2)c(Cl)c1. The number of aryl methyl sites for hydroxylation is 1. The highest BCUT2D eigenvalue weighted by molar-refractivity contribution is 6.33. The van der Waals surface area contributed by atoms with Gasteiger partial charge in [0.2, 0.25) is 5.91 Å². The lowest BCUT2D eigenvalue weighted by atomic mass is 9.92. The Hall–Kier alpha value is -1.10. The second kappa shape index (κ2) is 7.25. The predicted molar refractivity (Wildman–Crippen MR) is 85.7 cm³/mol. The summed E-state index contributed by atoms with van der Waals surface area (Å²) < 4.78 is 0. The number of rotatable bonds is 4. The van der Waals surface area contributed by atoms with E-state index in [-0.39, 0.29) is 12.0 Å². The van der Waals surface area contributed by atoms with Gasteiger partial charge in [-0.25, -0.2) is 0 Å². The molecule has 1 aromatic carbocycles. The summed E-state index contributed by atoms with van der Waals surface area (Å²) >= 11 is 6.11. The second-order valence-corrected chi connectivity index (χ2v) is 6.29. The highest BCUT2D eigenvalue weighted by Crippen LogP contribution is 2.23. The number of amides is 1. The van der Waals surface area contributed by atoms with Gasteiger partial charge in [-0.2, -0.15) is 0 Å². The van der Waals surface area contributed by atoms with Crippen molar-refractivity contribution in [1.29, 1.82) is 0 Å². The van der Waals surface area contributed by atoms with Crippen molar-refractivity contribution in [2.75, 3.05) is 25.0 Å². The summed E-state index contributed by atoms with van der Waals surface area (Å²) in [6.07, 6.45) is 1.62. The zero-order valence-corrected chi connectivity index (χ0v) is 13.4. The Morgan fingerprint density at radius 1 is 1.48 bits per heavy atom. The highest BCUT2D eigenvalue weighted by atomic mass is 35.5. The monoisotopic (exact) mass is 310 g/mol. The van der Waals surface area contributed by atoms with Crippen LogP contribution in [0.1, 0.15) is 25.3 Å². The van der Waals surface area contributed by atoms with Crippen molar-refractivity contribution in [3.05, 3.63) is 28.8 Å². The molecule has 1 aliphatic heterocycles. The molecule has 0 saturated carbocycles. The number of aliphatic hydroxyl groups excluding tert-OH is 1. The van der Waals surface area contributed by atoms with Gasteiger partial charge in [0, 0.05) is 0 Å². The van der Waals surface area contributed by atoms with Crippen molar-refractivity contribution in [2.45, 2.75) is 32.8 Å². The topological polar surface area (TPSA) is 52.6 Å². The van der Waals surface area contributed by atoms with Crippen LogP contribution in [0.4, 0.5) is 5.69 Å². The molecule has 0 bridgehead atoms. The minimum atomic E-state index is -0.257. The number of halogens is 1. The minimum absolute atomic E-state index is 0.0451. The van der Waals surface area contributed by atoms with Gasteiger partial charge in [-0.15, -0.1) is 0 Å². The number of likely N-dealkylation sites (tertiary alicyclic amines) is 1. The molecule has 5 heteroatoms. The summed E-state index contributed by atoms with van der Waals surface area (Å²) in [5.74, 6) is 0.312. The van der Waals surface area contributed by atoms with E-state index in [2.05, 4.69) is 10.2 Å². The first-order chi connectivity index (χ1) is 9.95. The van der Waals surface area contributed by atoms with Crippen molar-refractivity contribution in [1.82, 2.24) is 4.90 Å². The molecule has 1 fully saturated rings. The normalized spacial score (nSPS) is 18.5. The van der Waals surface area contributed by atoms with E-state index in [1.165, 1.54) is 0 Å². The summed E-state index contributed by atoms with van der Waals surface area (Å²) in [7, 11) is 0. The molecule has 21 heavy (non-hydrogen) atoms. The number of nitrogens with one attached hydrogen (secondary N) is 1. The first-order valence-electron chi connectivity index (χ1n) is 7.42. The lowest BCUT2D eigenvalue weighted by molar-refractivity contribution is -0.117. The number of anilines is 1. The van der Waals surface area contributed by atoms with E-state index < -0.39 is 0 Å². The van der Waals surface area contributed by atoms with Gasteiger partial charge in [0.1, 0.15) is 0 Å². The first kappa shape index (κ1) is 16.3. The van der Waals surface area contributed by atoms with Gasteiger partial charge in [-0.1, -0.05) is 17.7 Å². The van der Waals surface area contributed by atoms with Crippen molar-refractivity contribution in [2.24, 2.45) is 5.92 Å². The van der Waals surface area contributed by atoms with Crippen molar-refractivity contribution in [3.8, 4) is 0 Å². The van der Waals surface area contributed by atoms with Crippen LogP contribution < -0.4 is 5.32 Å². The molecule has 116 valence electrons. The van der Waals surface area contributed by atoms with E-state index in [0.717, 1.165) is 31.5 Å². The van der Waals surface area contributed by atoms with Gasteiger partial charge < -0.3 is 10.4 Å². The molecule has 0 aliphatic carbocycles. The fraction of sp³-hybridized carbons (Fsp3) is 0.562. The van der Waals surface area contributed by atoms with E-state index >= 15 is 0 Å². The van der Waals surface area contributed by atoms with E-state index in [4.69, 9.17) is 11.6 Å². The number of hydrogen-bond acceptors (Lipinski definition) is 3. The molecule has 1 aliphatic rings. The van der Waals surface area contributed by atoms with Gasteiger partial charge in [0.15, 0.2) is 0 Å². The number of piperidine rings is 1. The maximum absolute atomic E-state index is 12.1. The van der Waals surface area contributed by atoms with Crippen LogP contribution in [0.15, 0.2) is 18.2 Å². The molecule has 2 N–H and O–H groups in total. The molecule has 0 radical (unpaired) electrons. The average Bonchev–Trinajstić information content (AvgIpc) is 2.42. The maximum atomic E-state index is 12.1. The number of carbonyl (C=O) groups is 1. The van der Waals surface area contributed by atoms with Crippen LogP contribution in [0.3, 0.4) is 0 Å². The third-order valence-corrected chi connectivity index (χ3v) is 4.39. The van der Waals surface area contributed by atoms with Gasteiger partial charge >= 0.3 is 0 Å². The van der Waals surface area contributed by atoms with Crippen LogP contribution in [0.2, 0.25) is 5.02 Å². The fourth-order valence-electron chi connectivity index (χ4n) is 2.71. The minimum Gasteiger partial charge on any atom is -0.393 e. The summed E-state index contributed by atoms with van der Waals surface area (Å²) in [5, 5.41) is 13.0. The first-order valence-corrected chi connectivity index (χ1v) is 7.80. The summed E-state index contributed by atoms with van der Waals surface area (Å²) in [5.41, 5.74) is 1.73. The summed E-state index contributed by atoms with van der Waals surface area (Å²) in [6.45, 7) is 5.88. The molecule has 1 amide bonds. The van der Waals surface area contributed by atoms with Crippen LogP contribution in [0, 0.1) is 12.8 Å². The Kier molecular flexibility index (Phi) is 5.62. The third kappa shape index (κ3) is 4.70. The lowest BCUT2D eigenvalue weighted by Gasteiger charge is -2.32. The largest absolute Gasteiger partial charge is 0.393 e. The van der Waals surface area contributed by atoms with Crippen LogP contribution in [-0.4, -0.2) is 41.7 Å². The van der Waals surface area contributed by atoms with Crippen LogP contribution >= 0.6 is 11.6 Å². The molecule has 0 aromatic heterocycles. The highest BCUT2D eigenvalue weighted by Gasteiger charge is 2.23. The molecule has 4 nitrogen and oxygen atoms in total. The maximum Gasteiger partial charge on any atom is 0.238 e. The predicted octanol–water partition coefficient (Wildman–Crippen LogP) is 2.68. The summed E-state index contributed by atoms with van der Waals surface area (Å²) in [4.78, 5) is 14.2. The quantitative estimate of drug-likeness (QED) is 0.899. The molecule has 1 atom stereocenters. The van der Waals surface area contributed by atoms with Crippen molar-refractivity contribution < 1.29 is 9.90 Å². The molecular formula is C16H23ClN2O2. The standard InChI is InChI=1S/C16H23ClN2O2/c1-11-3-4-15(14(17)9-11)18-16(21)10-19-7-5-13(6-8-19)12(2)20/h3-4,9,12-13,20H,5-8,10H2,1-2H3,(H,18,21). The van der Waals surface area contributed by atoms with Gasteiger partial charge in [0.25, 0.3) is 0 Å².